The van der Waals surface area contributed by atoms with Gasteiger partial charge in [0, 0.05) is 6.07 Å². The van der Waals surface area contributed by atoms with Crippen LogP contribution in [-0.2, 0) is 0 Å². The third-order valence-corrected chi connectivity index (χ3v) is 2.76. The monoisotopic (exact) mass is 287 g/mol. The molecule has 2 N–H and O–H groups in total. The summed E-state index contributed by atoms with van der Waals surface area (Å²) < 4.78 is 5.58. The van der Waals surface area contributed by atoms with Gasteiger partial charge in [-0.15, -0.1) is 0 Å². The Bertz CT molecular complexity index is 654. The molecule has 21 heavy (non-hydrogen) atoms. The van der Waals surface area contributed by atoms with Crippen molar-refractivity contribution >= 4 is 5.91 Å². The Balaban J connectivity index is 1.80. The molecule has 6 heteroatoms. The van der Waals surface area contributed by atoms with E-state index in [4.69, 9.17) is 4.74 Å². The first kappa shape index (κ1) is 14.8. The fourth-order valence-corrected chi connectivity index (χ4v) is 1.91. The van der Waals surface area contributed by atoms with Gasteiger partial charge in [0.15, 0.2) is 0 Å². The van der Waals surface area contributed by atoms with E-state index in [9.17, 15) is 9.59 Å². The number of H-pyrrole nitrogens is 1. The first-order valence-corrected chi connectivity index (χ1v) is 6.59. The third-order valence-electron chi connectivity index (χ3n) is 2.76. The minimum atomic E-state index is -0.352. The molecule has 6 nitrogen and oxygen atoms in total. The molecular weight excluding hydrogens is 270 g/mol. The van der Waals surface area contributed by atoms with Crippen LogP contribution in [-0.4, -0.2) is 29.3 Å². The molecule has 0 saturated heterocycles. The predicted molar refractivity (Wildman–Crippen MR) is 78.6 cm³/mol. The van der Waals surface area contributed by atoms with Crippen LogP contribution in [0.4, 0.5) is 0 Å². The number of nitrogens with zero attached hydrogens (tertiary/aromatic N) is 1. The van der Waals surface area contributed by atoms with Crippen LogP contribution >= 0.6 is 0 Å². The van der Waals surface area contributed by atoms with E-state index in [0.29, 0.717) is 13.2 Å². The zero-order valence-corrected chi connectivity index (χ0v) is 12.0. The maximum Gasteiger partial charge on any atom is 0.271 e. The summed E-state index contributed by atoms with van der Waals surface area (Å²) in [6.45, 7) is 4.72. The number of hydrogen-bond donors (Lipinski definition) is 2. The average molecular weight is 287 g/mol. The molecule has 2 aromatic rings. The number of carbonyl (C=O) groups excluding carboxylic acids is 1. The van der Waals surface area contributed by atoms with Crippen molar-refractivity contribution in [3.8, 4) is 5.75 Å². The second kappa shape index (κ2) is 6.69. The molecular formula is C15H17N3O3. The molecule has 0 bridgehead atoms. The first-order chi connectivity index (χ1) is 10.0. The van der Waals surface area contributed by atoms with Gasteiger partial charge in [-0.1, -0.05) is 6.07 Å². The van der Waals surface area contributed by atoms with Crippen LogP contribution in [0.5, 0.6) is 5.75 Å². The van der Waals surface area contributed by atoms with E-state index in [1.807, 2.05) is 26.0 Å². The van der Waals surface area contributed by atoms with Crippen molar-refractivity contribution in [3.63, 3.8) is 0 Å². The van der Waals surface area contributed by atoms with Crippen LogP contribution < -0.4 is 15.6 Å². The topological polar surface area (TPSA) is 84.1 Å². The summed E-state index contributed by atoms with van der Waals surface area (Å²) in [6, 6.07) is 8.58. The van der Waals surface area contributed by atoms with E-state index in [1.54, 1.807) is 0 Å². The Morgan fingerprint density at radius 3 is 2.57 bits per heavy atom. The van der Waals surface area contributed by atoms with Crippen LogP contribution in [0.15, 0.2) is 35.1 Å². The molecule has 0 unspecified atom stereocenters. The molecule has 0 aliphatic rings. The van der Waals surface area contributed by atoms with Crippen molar-refractivity contribution < 1.29 is 9.53 Å². The van der Waals surface area contributed by atoms with Crippen molar-refractivity contribution in [2.75, 3.05) is 13.2 Å². The predicted octanol–water partition coefficient (Wildman–Crippen LogP) is 1.20. The van der Waals surface area contributed by atoms with Crippen molar-refractivity contribution in [1.29, 1.82) is 0 Å². The highest BCUT2D eigenvalue weighted by Gasteiger charge is 2.06. The SMILES string of the molecule is Cc1cc(C)cc(OCCNC(=O)c2ccc(=O)[nH]n2)c1. The lowest BCUT2D eigenvalue weighted by atomic mass is 10.1. The number of nitrogens with one attached hydrogen (secondary N) is 2. The van der Waals surface area contributed by atoms with E-state index >= 15 is 0 Å². The minimum Gasteiger partial charge on any atom is -0.492 e. The lowest BCUT2D eigenvalue weighted by Crippen LogP contribution is -2.29. The molecule has 0 spiro atoms. The van der Waals surface area contributed by atoms with Gasteiger partial charge >= 0.3 is 0 Å². The molecule has 0 saturated carbocycles. The second-order valence-electron chi connectivity index (χ2n) is 4.73. The number of hydrogen-bond acceptors (Lipinski definition) is 4. The molecule has 0 atom stereocenters. The van der Waals surface area contributed by atoms with Crippen molar-refractivity contribution in [1.82, 2.24) is 15.5 Å². The highest BCUT2D eigenvalue weighted by molar-refractivity contribution is 5.91. The minimum absolute atomic E-state index is 0.168. The zero-order chi connectivity index (χ0) is 15.2. The molecule has 0 fully saturated rings. The number of ether oxygens (including phenoxy) is 1. The summed E-state index contributed by atoms with van der Waals surface area (Å²) in [5.74, 6) is 0.430. The van der Waals surface area contributed by atoms with Gasteiger partial charge in [-0.3, -0.25) is 9.59 Å². The lowest BCUT2D eigenvalue weighted by molar-refractivity contribution is 0.0941. The van der Waals surface area contributed by atoms with E-state index in [1.165, 1.54) is 12.1 Å². The summed E-state index contributed by atoms with van der Waals surface area (Å²) in [6.07, 6.45) is 0. The number of benzene rings is 1. The summed E-state index contributed by atoms with van der Waals surface area (Å²) in [5.41, 5.74) is 2.09. The third kappa shape index (κ3) is 4.45. The van der Waals surface area contributed by atoms with Crippen molar-refractivity contribution in [3.05, 3.63) is 57.5 Å². The molecule has 1 aromatic heterocycles. The molecule has 0 aliphatic carbocycles. The fraction of sp³-hybridized carbons (Fsp3) is 0.267. The average Bonchev–Trinajstić information content (AvgIpc) is 2.43. The maximum atomic E-state index is 11.7. The maximum absolute atomic E-state index is 11.7. The first-order valence-electron chi connectivity index (χ1n) is 6.59. The number of aryl methyl sites for hydroxylation is 2. The number of carbonyl (C=O) groups is 1. The van der Waals surface area contributed by atoms with Gasteiger partial charge in [-0.2, -0.15) is 5.10 Å². The standard InChI is InChI=1S/C15H17N3O3/c1-10-7-11(2)9-12(8-10)21-6-5-16-15(20)13-3-4-14(19)18-17-13/h3-4,7-9H,5-6H2,1-2H3,(H,16,20)(H,18,19). The molecule has 2 rings (SSSR count). The van der Waals surface area contributed by atoms with Crippen LogP contribution in [0, 0.1) is 13.8 Å². The normalized spacial score (nSPS) is 10.2. The van der Waals surface area contributed by atoms with Gasteiger partial charge in [0.25, 0.3) is 11.5 Å². The molecule has 1 heterocycles. The summed E-state index contributed by atoms with van der Waals surface area (Å²) >= 11 is 0. The van der Waals surface area contributed by atoms with Crippen LogP contribution in [0.1, 0.15) is 21.6 Å². The van der Waals surface area contributed by atoms with Crippen molar-refractivity contribution in [2.45, 2.75) is 13.8 Å². The molecule has 1 amide bonds. The fourth-order valence-electron chi connectivity index (χ4n) is 1.91. The Labute approximate surface area is 122 Å². The smallest absolute Gasteiger partial charge is 0.271 e. The lowest BCUT2D eigenvalue weighted by Gasteiger charge is -2.09. The highest BCUT2D eigenvalue weighted by atomic mass is 16.5. The Morgan fingerprint density at radius 2 is 1.95 bits per heavy atom. The van der Waals surface area contributed by atoms with Gasteiger partial charge < -0.3 is 10.1 Å². The van der Waals surface area contributed by atoms with E-state index in [-0.39, 0.29) is 17.2 Å². The molecule has 110 valence electrons. The van der Waals surface area contributed by atoms with Gasteiger partial charge in [0.05, 0.1) is 6.54 Å². The van der Waals surface area contributed by atoms with Gasteiger partial charge in [-0.05, 0) is 43.2 Å². The summed E-state index contributed by atoms with van der Waals surface area (Å²) in [7, 11) is 0. The van der Waals surface area contributed by atoms with E-state index in [2.05, 4.69) is 21.6 Å². The number of amides is 1. The Kier molecular flexibility index (Phi) is 4.71. The number of aromatic nitrogens is 2. The molecule has 0 radical (unpaired) electrons. The quantitative estimate of drug-likeness (QED) is 0.809. The second-order valence-corrected chi connectivity index (χ2v) is 4.73. The largest absolute Gasteiger partial charge is 0.492 e. The number of aromatic amines is 1. The molecule has 1 aromatic carbocycles. The van der Waals surface area contributed by atoms with Gasteiger partial charge in [0.1, 0.15) is 18.1 Å². The Morgan fingerprint density at radius 1 is 1.24 bits per heavy atom. The van der Waals surface area contributed by atoms with Crippen molar-refractivity contribution in [2.24, 2.45) is 0 Å². The van der Waals surface area contributed by atoms with E-state index in [0.717, 1.165) is 16.9 Å². The molecule has 0 aliphatic heterocycles. The van der Waals surface area contributed by atoms with E-state index < -0.39 is 0 Å². The van der Waals surface area contributed by atoms with Gasteiger partial charge in [0.2, 0.25) is 0 Å². The van der Waals surface area contributed by atoms with Crippen LogP contribution in [0.2, 0.25) is 0 Å². The van der Waals surface area contributed by atoms with Crippen LogP contribution in [0.25, 0.3) is 0 Å². The van der Waals surface area contributed by atoms with Crippen LogP contribution in [0.3, 0.4) is 0 Å². The van der Waals surface area contributed by atoms with Gasteiger partial charge in [-0.25, -0.2) is 5.10 Å². The summed E-state index contributed by atoms with van der Waals surface area (Å²) in [5, 5.41) is 8.53. The Hall–Kier alpha value is -2.63. The highest BCUT2D eigenvalue weighted by Crippen LogP contribution is 2.15. The summed E-state index contributed by atoms with van der Waals surface area (Å²) in [4.78, 5) is 22.6. The number of rotatable bonds is 5. The zero-order valence-electron chi connectivity index (χ0n) is 12.0.